The Morgan fingerprint density at radius 2 is 1.69 bits per heavy atom. The van der Waals surface area contributed by atoms with E-state index in [2.05, 4.69) is 33.9 Å². The standard InChI is InChI=1S/C22H29N5O2/c1-4-25(5-2)20-8-6-19(7-9-20)24-22(29)18-14-21(16-23-15-18)27-12-10-26(11-13-27)17(3)28/h6-9,14-16H,4-5,10-13H2,1-3H3,(H,24,29). The summed E-state index contributed by atoms with van der Waals surface area (Å²) in [5.74, 6) is -0.0831. The second kappa shape index (κ2) is 9.41. The first kappa shape index (κ1) is 20.6. The number of pyridine rings is 1. The maximum Gasteiger partial charge on any atom is 0.257 e. The fourth-order valence-electron chi connectivity index (χ4n) is 3.55. The van der Waals surface area contributed by atoms with Crippen LogP contribution in [0.15, 0.2) is 42.7 Å². The van der Waals surface area contributed by atoms with E-state index in [0.717, 1.165) is 43.2 Å². The number of benzene rings is 1. The number of carbonyl (C=O) groups is 2. The van der Waals surface area contributed by atoms with E-state index in [0.29, 0.717) is 18.7 Å². The van der Waals surface area contributed by atoms with Crippen LogP contribution in [0.4, 0.5) is 17.1 Å². The topological polar surface area (TPSA) is 68.8 Å². The van der Waals surface area contributed by atoms with Crippen molar-refractivity contribution in [3.63, 3.8) is 0 Å². The summed E-state index contributed by atoms with van der Waals surface area (Å²) >= 11 is 0. The van der Waals surface area contributed by atoms with E-state index < -0.39 is 0 Å². The van der Waals surface area contributed by atoms with Gasteiger partial charge in [-0.05, 0) is 44.2 Å². The molecular formula is C22H29N5O2. The van der Waals surface area contributed by atoms with E-state index in [1.54, 1.807) is 19.3 Å². The number of piperazine rings is 1. The molecule has 0 spiro atoms. The van der Waals surface area contributed by atoms with Crippen LogP contribution in [0, 0.1) is 0 Å². The molecule has 7 heteroatoms. The molecule has 7 nitrogen and oxygen atoms in total. The molecule has 29 heavy (non-hydrogen) atoms. The van der Waals surface area contributed by atoms with Gasteiger partial charge in [0.15, 0.2) is 0 Å². The maximum absolute atomic E-state index is 12.7. The molecule has 2 heterocycles. The third kappa shape index (κ3) is 5.04. The summed E-state index contributed by atoms with van der Waals surface area (Å²) in [5.41, 5.74) is 3.31. The van der Waals surface area contributed by atoms with Gasteiger partial charge in [0.25, 0.3) is 5.91 Å². The van der Waals surface area contributed by atoms with Crippen molar-refractivity contribution in [3.05, 3.63) is 48.3 Å². The number of nitrogens with one attached hydrogen (secondary N) is 1. The summed E-state index contributed by atoms with van der Waals surface area (Å²) < 4.78 is 0. The Morgan fingerprint density at radius 3 is 2.28 bits per heavy atom. The van der Waals surface area contributed by atoms with Crippen LogP contribution in [-0.2, 0) is 4.79 Å². The highest BCUT2D eigenvalue weighted by Gasteiger charge is 2.20. The van der Waals surface area contributed by atoms with Crippen molar-refractivity contribution in [1.82, 2.24) is 9.88 Å². The minimum atomic E-state index is -0.183. The van der Waals surface area contributed by atoms with E-state index in [4.69, 9.17) is 0 Å². The van der Waals surface area contributed by atoms with Crippen LogP contribution >= 0.6 is 0 Å². The van der Waals surface area contributed by atoms with Gasteiger partial charge in [0, 0.05) is 63.8 Å². The van der Waals surface area contributed by atoms with Gasteiger partial charge in [0.1, 0.15) is 0 Å². The van der Waals surface area contributed by atoms with Crippen LogP contribution < -0.4 is 15.1 Å². The molecule has 1 aromatic carbocycles. The lowest BCUT2D eigenvalue weighted by Gasteiger charge is -2.35. The third-order valence-electron chi connectivity index (χ3n) is 5.33. The molecule has 154 valence electrons. The smallest absolute Gasteiger partial charge is 0.257 e. The van der Waals surface area contributed by atoms with Gasteiger partial charge in [-0.25, -0.2) is 0 Å². The number of aromatic nitrogens is 1. The molecule has 0 bridgehead atoms. The zero-order chi connectivity index (χ0) is 20.8. The van der Waals surface area contributed by atoms with Gasteiger partial charge in [-0.15, -0.1) is 0 Å². The van der Waals surface area contributed by atoms with Crippen LogP contribution in [0.5, 0.6) is 0 Å². The second-order valence-electron chi connectivity index (χ2n) is 7.10. The molecule has 1 fully saturated rings. The van der Waals surface area contributed by atoms with Crippen LogP contribution in [0.1, 0.15) is 31.1 Å². The fraction of sp³-hybridized carbons (Fsp3) is 0.409. The van der Waals surface area contributed by atoms with Crippen molar-refractivity contribution in [3.8, 4) is 0 Å². The predicted octanol–water partition coefficient (Wildman–Crippen LogP) is 2.85. The highest BCUT2D eigenvalue weighted by atomic mass is 16.2. The number of anilines is 3. The quantitative estimate of drug-likeness (QED) is 0.815. The van der Waals surface area contributed by atoms with Gasteiger partial charge in [0.05, 0.1) is 17.4 Å². The second-order valence-corrected chi connectivity index (χ2v) is 7.10. The average Bonchev–Trinajstić information content (AvgIpc) is 2.76. The molecule has 2 amide bonds. The van der Waals surface area contributed by atoms with Crippen molar-refractivity contribution in [2.24, 2.45) is 0 Å². The SMILES string of the molecule is CCN(CC)c1ccc(NC(=O)c2cncc(N3CCN(C(C)=O)CC3)c2)cc1. The molecule has 1 aromatic heterocycles. The van der Waals surface area contributed by atoms with Crippen molar-refractivity contribution in [2.45, 2.75) is 20.8 Å². The van der Waals surface area contributed by atoms with Crippen LogP contribution in [0.3, 0.4) is 0 Å². The first-order chi connectivity index (χ1) is 14.0. The van der Waals surface area contributed by atoms with Gasteiger partial charge >= 0.3 is 0 Å². The minimum Gasteiger partial charge on any atom is -0.372 e. The van der Waals surface area contributed by atoms with Gasteiger partial charge in [-0.3, -0.25) is 14.6 Å². The molecule has 1 aliphatic heterocycles. The number of amides is 2. The fourth-order valence-corrected chi connectivity index (χ4v) is 3.55. The van der Waals surface area contributed by atoms with Crippen molar-refractivity contribution < 1.29 is 9.59 Å². The van der Waals surface area contributed by atoms with Crippen molar-refractivity contribution >= 4 is 28.9 Å². The normalized spacial score (nSPS) is 13.9. The Hall–Kier alpha value is -3.09. The predicted molar refractivity (Wildman–Crippen MR) is 117 cm³/mol. The zero-order valence-electron chi connectivity index (χ0n) is 17.4. The summed E-state index contributed by atoms with van der Waals surface area (Å²) in [5, 5.41) is 2.94. The number of nitrogens with zero attached hydrogens (tertiary/aromatic N) is 4. The first-order valence-electron chi connectivity index (χ1n) is 10.1. The molecule has 3 rings (SSSR count). The molecule has 0 atom stereocenters. The molecule has 0 unspecified atom stereocenters. The van der Waals surface area contributed by atoms with Crippen LogP contribution in [-0.4, -0.2) is 61.0 Å². The lowest BCUT2D eigenvalue weighted by Crippen LogP contribution is -2.48. The molecule has 1 N–H and O–H groups in total. The van der Waals surface area contributed by atoms with E-state index in [1.165, 1.54) is 0 Å². The molecule has 1 saturated heterocycles. The summed E-state index contributed by atoms with van der Waals surface area (Å²) in [6.07, 6.45) is 3.34. The summed E-state index contributed by atoms with van der Waals surface area (Å²) in [6, 6.07) is 9.74. The molecule has 0 saturated carbocycles. The van der Waals surface area contributed by atoms with Gasteiger partial charge < -0.3 is 20.0 Å². The Bertz CT molecular complexity index is 841. The Kier molecular flexibility index (Phi) is 6.69. The maximum atomic E-state index is 12.7. The van der Waals surface area contributed by atoms with Gasteiger partial charge in [0.2, 0.25) is 5.91 Å². The average molecular weight is 396 g/mol. The van der Waals surface area contributed by atoms with Gasteiger partial charge in [-0.1, -0.05) is 0 Å². The van der Waals surface area contributed by atoms with Crippen LogP contribution in [0.2, 0.25) is 0 Å². The molecule has 1 aliphatic rings. The van der Waals surface area contributed by atoms with Crippen LogP contribution in [0.25, 0.3) is 0 Å². The zero-order valence-corrected chi connectivity index (χ0v) is 17.4. The number of carbonyl (C=O) groups excluding carboxylic acids is 2. The molecular weight excluding hydrogens is 366 g/mol. The molecule has 0 aliphatic carbocycles. The number of hydrogen-bond donors (Lipinski definition) is 1. The summed E-state index contributed by atoms with van der Waals surface area (Å²) in [6.45, 7) is 10.6. The van der Waals surface area contributed by atoms with E-state index in [1.807, 2.05) is 35.2 Å². The highest BCUT2D eigenvalue weighted by Crippen LogP contribution is 2.20. The first-order valence-corrected chi connectivity index (χ1v) is 10.1. The lowest BCUT2D eigenvalue weighted by atomic mass is 10.2. The Labute approximate surface area is 172 Å². The molecule has 2 aromatic rings. The van der Waals surface area contributed by atoms with E-state index >= 15 is 0 Å². The third-order valence-corrected chi connectivity index (χ3v) is 5.33. The minimum absolute atomic E-state index is 0.0999. The largest absolute Gasteiger partial charge is 0.372 e. The lowest BCUT2D eigenvalue weighted by molar-refractivity contribution is -0.129. The molecule has 0 radical (unpaired) electrons. The monoisotopic (exact) mass is 395 g/mol. The van der Waals surface area contributed by atoms with E-state index in [9.17, 15) is 9.59 Å². The Morgan fingerprint density at radius 1 is 1.03 bits per heavy atom. The highest BCUT2D eigenvalue weighted by molar-refractivity contribution is 6.04. The van der Waals surface area contributed by atoms with Crippen molar-refractivity contribution in [2.75, 3.05) is 54.4 Å². The Balaban J connectivity index is 1.64. The number of hydrogen-bond acceptors (Lipinski definition) is 5. The summed E-state index contributed by atoms with van der Waals surface area (Å²) in [7, 11) is 0. The summed E-state index contributed by atoms with van der Waals surface area (Å²) in [4.78, 5) is 34.7. The number of rotatable bonds is 6. The van der Waals surface area contributed by atoms with Crippen molar-refractivity contribution in [1.29, 1.82) is 0 Å². The van der Waals surface area contributed by atoms with E-state index in [-0.39, 0.29) is 11.8 Å². The van der Waals surface area contributed by atoms with Gasteiger partial charge in [-0.2, -0.15) is 0 Å².